The molecule has 0 bridgehead atoms. The first-order valence-corrected chi connectivity index (χ1v) is 6.49. The second kappa shape index (κ2) is 6.56. The molecule has 0 aliphatic carbocycles. The number of anilines is 1. The summed E-state index contributed by atoms with van der Waals surface area (Å²) in [5.41, 5.74) is 9.38. The molecule has 0 saturated heterocycles. The minimum absolute atomic E-state index is 0.253. The normalized spacial score (nSPS) is 11.2. The van der Waals surface area contributed by atoms with Gasteiger partial charge in [-0.2, -0.15) is 5.10 Å². The molecule has 1 aromatic carbocycles. The monoisotopic (exact) mass is 287 g/mol. The summed E-state index contributed by atoms with van der Waals surface area (Å²) in [7, 11) is 0. The summed E-state index contributed by atoms with van der Waals surface area (Å²) in [6, 6.07) is 9.32. The Morgan fingerprint density at radius 2 is 2.14 bits per heavy atom. The van der Waals surface area contributed by atoms with E-state index in [4.69, 9.17) is 10.5 Å². The largest absolute Gasteiger partial charge is 0.480 e. The zero-order valence-electron chi connectivity index (χ0n) is 11.9. The first-order chi connectivity index (χ1) is 10.1. The SMILES string of the molecule is CCOC(C)=NNC(=O)c1cnn(-c2ccccc2)c1N. The Balaban J connectivity index is 2.17. The molecule has 0 fully saturated rings. The highest BCUT2D eigenvalue weighted by atomic mass is 16.5. The Morgan fingerprint density at radius 3 is 2.81 bits per heavy atom. The van der Waals surface area contributed by atoms with Crippen LogP contribution in [0.1, 0.15) is 24.2 Å². The van der Waals surface area contributed by atoms with E-state index >= 15 is 0 Å². The number of carbonyl (C=O) groups is 1. The first-order valence-electron chi connectivity index (χ1n) is 6.49. The average molecular weight is 287 g/mol. The molecule has 0 atom stereocenters. The van der Waals surface area contributed by atoms with Gasteiger partial charge in [0.05, 0.1) is 18.5 Å². The third-order valence-corrected chi connectivity index (χ3v) is 2.72. The van der Waals surface area contributed by atoms with Crippen molar-refractivity contribution in [2.24, 2.45) is 5.10 Å². The lowest BCUT2D eigenvalue weighted by molar-refractivity contribution is 0.0954. The number of hydrogen-bond acceptors (Lipinski definition) is 5. The van der Waals surface area contributed by atoms with Crippen molar-refractivity contribution < 1.29 is 9.53 Å². The zero-order valence-corrected chi connectivity index (χ0v) is 11.9. The quantitative estimate of drug-likeness (QED) is 0.507. The van der Waals surface area contributed by atoms with E-state index in [1.807, 2.05) is 37.3 Å². The van der Waals surface area contributed by atoms with Crippen molar-refractivity contribution >= 4 is 17.6 Å². The number of nitrogens with one attached hydrogen (secondary N) is 1. The van der Waals surface area contributed by atoms with Gasteiger partial charge in [-0.3, -0.25) is 4.79 Å². The van der Waals surface area contributed by atoms with Gasteiger partial charge in [0.2, 0.25) is 5.90 Å². The van der Waals surface area contributed by atoms with E-state index in [0.29, 0.717) is 12.5 Å². The number of nitrogens with two attached hydrogens (primary N) is 1. The molecule has 21 heavy (non-hydrogen) atoms. The number of para-hydroxylation sites is 1. The van der Waals surface area contributed by atoms with Gasteiger partial charge in [-0.25, -0.2) is 10.1 Å². The summed E-state index contributed by atoms with van der Waals surface area (Å²) in [4.78, 5) is 12.0. The topological polar surface area (TPSA) is 94.5 Å². The fraction of sp³-hybridized carbons (Fsp3) is 0.214. The van der Waals surface area contributed by atoms with Crippen LogP contribution in [0.25, 0.3) is 5.69 Å². The first kappa shape index (κ1) is 14.6. The Labute approximate surface area is 122 Å². The molecular formula is C14H17N5O2. The zero-order chi connectivity index (χ0) is 15.2. The van der Waals surface area contributed by atoms with E-state index < -0.39 is 5.91 Å². The van der Waals surface area contributed by atoms with Gasteiger partial charge in [-0.1, -0.05) is 18.2 Å². The number of hydrazone groups is 1. The van der Waals surface area contributed by atoms with E-state index in [-0.39, 0.29) is 11.4 Å². The lowest BCUT2D eigenvalue weighted by Gasteiger charge is -2.05. The summed E-state index contributed by atoms with van der Waals surface area (Å²) < 4.78 is 6.61. The van der Waals surface area contributed by atoms with Crippen molar-refractivity contribution in [3.05, 3.63) is 42.1 Å². The molecule has 1 aromatic heterocycles. The van der Waals surface area contributed by atoms with Crippen LogP contribution >= 0.6 is 0 Å². The number of benzene rings is 1. The number of nitrogens with zero attached hydrogens (tertiary/aromatic N) is 3. The van der Waals surface area contributed by atoms with Gasteiger partial charge in [0.25, 0.3) is 5.91 Å². The Bertz CT molecular complexity index is 649. The molecule has 0 spiro atoms. The molecule has 0 aliphatic rings. The molecule has 0 radical (unpaired) electrons. The van der Waals surface area contributed by atoms with E-state index in [0.717, 1.165) is 5.69 Å². The Kier molecular flexibility index (Phi) is 4.55. The molecule has 1 amide bonds. The van der Waals surface area contributed by atoms with Crippen molar-refractivity contribution in [2.45, 2.75) is 13.8 Å². The number of aromatic nitrogens is 2. The predicted molar refractivity (Wildman–Crippen MR) is 80.2 cm³/mol. The fourth-order valence-electron chi connectivity index (χ4n) is 1.74. The smallest absolute Gasteiger partial charge is 0.276 e. The van der Waals surface area contributed by atoms with Gasteiger partial charge in [0, 0.05) is 6.92 Å². The lowest BCUT2D eigenvalue weighted by Crippen LogP contribution is -2.20. The van der Waals surface area contributed by atoms with E-state index in [1.54, 1.807) is 6.92 Å². The molecule has 2 aromatic rings. The number of ether oxygens (including phenoxy) is 1. The van der Waals surface area contributed by atoms with Crippen LogP contribution in [-0.4, -0.2) is 28.2 Å². The molecule has 1 heterocycles. The molecule has 3 N–H and O–H groups in total. The Morgan fingerprint density at radius 1 is 1.43 bits per heavy atom. The predicted octanol–water partition coefficient (Wildman–Crippen LogP) is 1.55. The molecule has 7 heteroatoms. The minimum Gasteiger partial charge on any atom is -0.480 e. The fourth-order valence-corrected chi connectivity index (χ4v) is 1.74. The Hall–Kier alpha value is -2.83. The van der Waals surface area contributed by atoms with Crippen molar-refractivity contribution in [2.75, 3.05) is 12.3 Å². The molecule has 0 aliphatic heterocycles. The number of hydrogen-bond donors (Lipinski definition) is 2. The number of nitrogen functional groups attached to an aromatic ring is 1. The maximum atomic E-state index is 12.0. The van der Waals surface area contributed by atoms with Gasteiger partial charge in [0.15, 0.2) is 0 Å². The third-order valence-electron chi connectivity index (χ3n) is 2.72. The lowest BCUT2D eigenvalue weighted by atomic mass is 10.3. The van der Waals surface area contributed by atoms with Crippen molar-refractivity contribution in [1.29, 1.82) is 0 Å². The minimum atomic E-state index is -0.436. The van der Waals surface area contributed by atoms with E-state index in [9.17, 15) is 4.79 Å². The van der Waals surface area contributed by atoms with Gasteiger partial charge < -0.3 is 10.5 Å². The molecule has 0 unspecified atom stereocenters. The summed E-state index contributed by atoms with van der Waals surface area (Å²) in [5.74, 6) is 0.191. The standard InChI is InChI=1S/C14H17N5O2/c1-3-21-10(2)17-18-14(20)12-9-16-19(13(12)15)11-7-5-4-6-8-11/h4-9H,3,15H2,1-2H3,(H,18,20). The van der Waals surface area contributed by atoms with Crippen LogP contribution in [0, 0.1) is 0 Å². The number of rotatable bonds is 4. The van der Waals surface area contributed by atoms with Crippen molar-refractivity contribution in [1.82, 2.24) is 15.2 Å². The second-order valence-electron chi connectivity index (χ2n) is 4.20. The third kappa shape index (κ3) is 3.38. The van der Waals surface area contributed by atoms with Crippen LogP contribution in [0.2, 0.25) is 0 Å². The highest BCUT2D eigenvalue weighted by Gasteiger charge is 2.15. The second-order valence-corrected chi connectivity index (χ2v) is 4.20. The van der Waals surface area contributed by atoms with Crippen LogP contribution in [0.5, 0.6) is 0 Å². The van der Waals surface area contributed by atoms with Crippen LogP contribution < -0.4 is 11.2 Å². The van der Waals surface area contributed by atoms with Gasteiger partial charge >= 0.3 is 0 Å². The van der Waals surface area contributed by atoms with Gasteiger partial charge in [0.1, 0.15) is 11.4 Å². The van der Waals surface area contributed by atoms with Gasteiger partial charge in [-0.15, -0.1) is 5.10 Å². The molecular weight excluding hydrogens is 270 g/mol. The summed E-state index contributed by atoms with van der Waals surface area (Å²) in [5, 5.41) is 7.94. The highest BCUT2D eigenvalue weighted by molar-refractivity contribution is 5.98. The van der Waals surface area contributed by atoms with E-state index in [1.165, 1.54) is 10.9 Å². The van der Waals surface area contributed by atoms with Crippen LogP contribution in [-0.2, 0) is 4.74 Å². The molecule has 0 saturated carbocycles. The molecule has 110 valence electrons. The maximum Gasteiger partial charge on any atom is 0.276 e. The van der Waals surface area contributed by atoms with E-state index in [2.05, 4.69) is 15.6 Å². The molecule has 2 rings (SSSR count). The van der Waals surface area contributed by atoms with Crippen LogP contribution in [0.4, 0.5) is 5.82 Å². The maximum absolute atomic E-state index is 12.0. The number of amides is 1. The highest BCUT2D eigenvalue weighted by Crippen LogP contribution is 2.16. The van der Waals surface area contributed by atoms with Gasteiger partial charge in [-0.05, 0) is 19.1 Å². The van der Waals surface area contributed by atoms with Crippen LogP contribution in [0.15, 0.2) is 41.6 Å². The van der Waals surface area contributed by atoms with Crippen LogP contribution in [0.3, 0.4) is 0 Å². The average Bonchev–Trinajstić information content (AvgIpc) is 2.88. The summed E-state index contributed by atoms with van der Waals surface area (Å²) >= 11 is 0. The number of carbonyl (C=O) groups excluding carboxylic acids is 1. The van der Waals surface area contributed by atoms with Crippen molar-refractivity contribution in [3.63, 3.8) is 0 Å². The summed E-state index contributed by atoms with van der Waals surface area (Å²) in [6.45, 7) is 3.97. The van der Waals surface area contributed by atoms with Crippen molar-refractivity contribution in [3.8, 4) is 5.69 Å². The summed E-state index contributed by atoms with van der Waals surface area (Å²) in [6.07, 6.45) is 1.41. The molecule has 7 nitrogen and oxygen atoms in total.